The summed E-state index contributed by atoms with van der Waals surface area (Å²) < 4.78 is 24.9. The maximum Gasteiger partial charge on any atom is 0.303 e. The summed E-state index contributed by atoms with van der Waals surface area (Å²) in [5.74, 6) is -0.633. The summed E-state index contributed by atoms with van der Waals surface area (Å²) in [6.07, 6.45) is -2.08. The maximum absolute atomic E-state index is 12.7. The highest BCUT2D eigenvalue weighted by atomic mass is 16.7. The van der Waals surface area contributed by atoms with Crippen molar-refractivity contribution in [2.75, 3.05) is 6.61 Å². The number of rotatable bonds is 5. The van der Waals surface area contributed by atoms with Gasteiger partial charge in [0.1, 0.15) is 24.4 Å². The molecule has 2 saturated heterocycles. The van der Waals surface area contributed by atoms with Gasteiger partial charge in [0, 0.05) is 23.7 Å². The van der Waals surface area contributed by atoms with Crippen LogP contribution in [0.1, 0.15) is 107 Å². The lowest BCUT2D eigenvalue weighted by atomic mass is 9.40. The van der Waals surface area contributed by atoms with Crippen LogP contribution in [-0.2, 0) is 23.7 Å². The molecule has 2 aliphatic heterocycles. The third-order valence-electron chi connectivity index (χ3n) is 16.0. The molecule has 0 unspecified atom stereocenters. The van der Waals surface area contributed by atoms with Gasteiger partial charge < -0.3 is 49.6 Å². The number of hydrogen-bond acceptors (Lipinski definition) is 11. The molecular weight excluding hydrogens is 620 g/mol. The van der Waals surface area contributed by atoms with E-state index >= 15 is 0 Å². The van der Waals surface area contributed by atoms with Crippen molar-refractivity contribution in [3.05, 3.63) is 0 Å². The SMILES string of the molecule is CC(=O)O[C@H]1[C@H](O)[C@H]([C@]2(C)CC[C@@H](C(C)(C)O)O2)[C@@]2(C)[C@H](O)C[C@@]34C[C@@]35CC[C@@H](O[C@H]3OC[C@H](O)[C@@H](O)[C@H]3O)C(C)(C)[C@@H]5CC[C@H]4[C@]12C. The Kier molecular flexibility index (Phi) is 8.01. The molecule has 6 N–H and O–H groups in total. The predicted octanol–water partition coefficient (Wildman–Crippen LogP) is 2.44. The van der Waals surface area contributed by atoms with Crippen molar-refractivity contribution in [1.82, 2.24) is 0 Å². The van der Waals surface area contributed by atoms with Crippen LogP contribution in [0.4, 0.5) is 0 Å². The van der Waals surface area contributed by atoms with Gasteiger partial charge in [0.2, 0.25) is 0 Å². The Hall–Kier alpha value is -0.890. The molecule has 7 rings (SSSR count). The van der Waals surface area contributed by atoms with Crippen LogP contribution in [0, 0.1) is 44.8 Å². The maximum atomic E-state index is 12.7. The zero-order valence-corrected chi connectivity index (χ0v) is 30.0. The molecule has 0 amide bonds. The van der Waals surface area contributed by atoms with Gasteiger partial charge in [-0.15, -0.1) is 0 Å². The fraction of sp³-hybridized carbons (Fsp3) is 0.973. The van der Waals surface area contributed by atoms with Gasteiger partial charge in [0.05, 0.1) is 42.2 Å². The highest BCUT2D eigenvalue weighted by molar-refractivity contribution is 5.66. The molecule has 0 aromatic heterocycles. The van der Waals surface area contributed by atoms with Gasteiger partial charge in [-0.25, -0.2) is 0 Å². The van der Waals surface area contributed by atoms with Crippen LogP contribution in [-0.4, -0.2) is 110 Å². The zero-order chi connectivity index (χ0) is 35.2. The van der Waals surface area contributed by atoms with E-state index in [0.29, 0.717) is 19.3 Å². The average Bonchev–Trinajstić information content (AvgIpc) is 3.38. The Bertz CT molecular complexity index is 1300. The van der Waals surface area contributed by atoms with Gasteiger partial charge in [-0.2, -0.15) is 0 Å². The van der Waals surface area contributed by atoms with Gasteiger partial charge >= 0.3 is 5.97 Å². The standard InChI is InChI=1S/C37H60O11/c1-18(38)46-29-27(43)28(33(6)13-11-24(48-33)32(4,5)44)35(8)22(40)15-37-17-36(37)14-12-23(47-30-26(42)25(41)19(39)16-45-30)31(2,3)20(36)9-10-21(37)34(29,35)7/h19-30,39-44H,9-17H2,1-8H3/t19-,20-,21-,22+,23+,24-,25+,26+,27+,28+,29-,30+,33-,34+,35+,36+,37-/m0/s1. The van der Waals surface area contributed by atoms with Crippen molar-refractivity contribution in [1.29, 1.82) is 0 Å². The molecule has 274 valence electrons. The van der Waals surface area contributed by atoms with Crippen LogP contribution in [0.3, 0.4) is 0 Å². The average molecular weight is 681 g/mol. The number of fused-ring (bicyclic) bond motifs is 2. The van der Waals surface area contributed by atoms with E-state index in [1.54, 1.807) is 13.8 Å². The molecule has 2 heterocycles. The van der Waals surface area contributed by atoms with E-state index < -0.39 is 82.9 Å². The second-order valence-corrected chi connectivity index (χ2v) is 18.8. The molecule has 0 bridgehead atoms. The van der Waals surface area contributed by atoms with Gasteiger partial charge in [-0.1, -0.05) is 27.7 Å². The van der Waals surface area contributed by atoms with E-state index in [2.05, 4.69) is 27.7 Å². The lowest BCUT2D eigenvalue weighted by molar-refractivity contribution is -0.304. The largest absolute Gasteiger partial charge is 0.459 e. The molecule has 7 fully saturated rings. The lowest BCUT2D eigenvalue weighted by Crippen LogP contribution is -2.66. The number of esters is 1. The predicted molar refractivity (Wildman–Crippen MR) is 172 cm³/mol. The van der Waals surface area contributed by atoms with E-state index in [1.165, 1.54) is 6.92 Å². The normalized spacial score (nSPS) is 57.2. The minimum absolute atomic E-state index is 0.0596. The summed E-state index contributed by atoms with van der Waals surface area (Å²) in [5, 5.41) is 66.6. The molecule has 48 heavy (non-hydrogen) atoms. The van der Waals surface area contributed by atoms with Crippen LogP contribution in [0.15, 0.2) is 0 Å². The Morgan fingerprint density at radius 1 is 0.833 bits per heavy atom. The third-order valence-corrected chi connectivity index (χ3v) is 16.0. The van der Waals surface area contributed by atoms with Crippen molar-refractivity contribution >= 4 is 5.97 Å². The van der Waals surface area contributed by atoms with Crippen molar-refractivity contribution in [3.8, 4) is 0 Å². The van der Waals surface area contributed by atoms with Crippen molar-refractivity contribution in [2.24, 2.45) is 44.8 Å². The summed E-state index contributed by atoms with van der Waals surface area (Å²) in [6.45, 7) is 15.4. The molecule has 11 nitrogen and oxygen atoms in total. The van der Waals surface area contributed by atoms with Crippen molar-refractivity contribution in [3.63, 3.8) is 0 Å². The Morgan fingerprint density at radius 2 is 1.50 bits per heavy atom. The summed E-state index contributed by atoms with van der Waals surface area (Å²) in [5.41, 5.74) is -4.06. The van der Waals surface area contributed by atoms with Crippen LogP contribution in [0.5, 0.6) is 0 Å². The van der Waals surface area contributed by atoms with Crippen molar-refractivity contribution < 1.29 is 54.4 Å². The van der Waals surface area contributed by atoms with Gasteiger partial charge in [0.15, 0.2) is 6.29 Å². The summed E-state index contributed by atoms with van der Waals surface area (Å²) >= 11 is 0. The van der Waals surface area contributed by atoms with E-state index in [4.69, 9.17) is 18.9 Å². The van der Waals surface area contributed by atoms with Gasteiger partial charge in [-0.3, -0.25) is 4.79 Å². The van der Waals surface area contributed by atoms with Crippen LogP contribution in [0.25, 0.3) is 0 Å². The third kappa shape index (κ3) is 4.41. The molecule has 0 aromatic rings. The number of carbonyl (C=O) groups is 1. The quantitative estimate of drug-likeness (QED) is 0.186. The van der Waals surface area contributed by atoms with Gasteiger partial charge in [-0.05, 0) is 100 Å². The fourth-order valence-electron chi connectivity index (χ4n) is 13.7. The summed E-state index contributed by atoms with van der Waals surface area (Å²) in [7, 11) is 0. The van der Waals surface area contributed by atoms with Gasteiger partial charge in [0.25, 0.3) is 0 Å². The number of aliphatic hydroxyl groups is 6. The van der Waals surface area contributed by atoms with E-state index in [1.807, 2.05) is 6.92 Å². The number of hydrogen-bond donors (Lipinski definition) is 6. The van der Waals surface area contributed by atoms with E-state index in [0.717, 1.165) is 32.1 Å². The number of aliphatic hydroxyl groups excluding tert-OH is 5. The first kappa shape index (κ1) is 35.5. The number of ether oxygens (including phenoxy) is 4. The van der Waals surface area contributed by atoms with E-state index in [9.17, 15) is 35.4 Å². The molecule has 0 aromatic carbocycles. The summed E-state index contributed by atoms with van der Waals surface area (Å²) in [4.78, 5) is 12.7. The Balaban J connectivity index is 1.22. The monoisotopic (exact) mass is 680 g/mol. The summed E-state index contributed by atoms with van der Waals surface area (Å²) in [6, 6.07) is 0. The molecule has 5 aliphatic carbocycles. The molecule has 7 aliphatic rings. The minimum Gasteiger partial charge on any atom is -0.459 e. The van der Waals surface area contributed by atoms with Crippen LogP contribution in [0.2, 0.25) is 0 Å². The van der Waals surface area contributed by atoms with Crippen molar-refractivity contribution in [2.45, 2.75) is 173 Å². The van der Waals surface area contributed by atoms with Crippen LogP contribution >= 0.6 is 0 Å². The second-order valence-electron chi connectivity index (χ2n) is 18.8. The van der Waals surface area contributed by atoms with E-state index in [-0.39, 0.29) is 40.8 Å². The first-order valence-corrected chi connectivity index (χ1v) is 18.4. The first-order chi connectivity index (χ1) is 22.1. The minimum atomic E-state index is -1.35. The lowest BCUT2D eigenvalue weighted by Gasteiger charge is -2.65. The second kappa shape index (κ2) is 10.8. The highest BCUT2D eigenvalue weighted by Crippen LogP contribution is 2.89. The Labute approximate surface area is 284 Å². The molecular formula is C37H60O11. The fourth-order valence-corrected chi connectivity index (χ4v) is 13.7. The smallest absolute Gasteiger partial charge is 0.303 e. The molecule has 0 radical (unpaired) electrons. The molecule has 17 atom stereocenters. The van der Waals surface area contributed by atoms with Crippen LogP contribution < -0.4 is 0 Å². The number of carbonyl (C=O) groups excluding carboxylic acids is 1. The zero-order valence-electron chi connectivity index (χ0n) is 30.0. The molecule has 11 heteroatoms. The first-order valence-electron chi connectivity index (χ1n) is 18.4. The highest BCUT2D eigenvalue weighted by Gasteiger charge is 2.87. The Morgan fingerprint density at radius 3 is 2.12 bits per heavy atom. The molecule has 5 saturated carbocycles. The molecule has 2 spiro atoms. The topological polar surface area (TPSA) is 175 Å².